The molecule has 0 radical (unpaired) electrons. The van der Waals surface area contributed by atoms with Crippen molar-refractivity contribution in [1.82, 2.24) is 0 Å². The largest absolute Gasteiger partial charge is 0.490 e. The predicted molar refractivity (Wildman–Crippen MR) is 93.1 cm³/mol. The Bertz CT molecular complexity index is 755. The molecule has 0 unspecified atom stereocenters. The molecule has 0 amide bonds. The summed E-state index contributed by atoms with van der Waals surface area (Å²) in [5, 5.41) is 8.48. The minimum atomic E-state index is -0.110. The number of para-hydroxylation sites is 1. The highest BCUT2D eigenvalue weighted by Gasteiger charge is 2.05. The predicted octanol–water partition coefficient (Wildman–Crippen LogP) is 4.27. The van der Waals surface area contributed by atoms with Crippen molar-refractivity contribution in [3.63, 3.8) is 0 Å². The molecule has 2 aromatic rings. The Morgan fingerprint density at radius 3 is 2.54 bits per heavy atom. The number of nitrogens with zero attached hydrogens (tertiary/aromatic N) is 1. The second kappa shape index (κ2) is 8.54. The van der Waals surface area contributed by atoms with E-state index in [-0.39, 0.29) is 18.5 Å². The number of carbonyl (C=O) groups excluding carboxylic acids is 1. The van der Waals surface area contributed by atoms with Crippen molar-refractivity contribution in [3.8, 4) is 17.6 Å². The smallest absolute Gasteiger partial charge is 0.185 e. The van der Waals surface area contributed by atoms with Gasteiger partial charge in [-0.2, -0.15) is 5.26 Å². The summed E-state index contributed by atoms with van der Waals surface area (Å²) in [5.74, 6) is 1.20. The second-order valence-electron chi connectivity index (χ2n) is 5.37. The number of rotatable bonds is 7. The first-order valence-electron chi connectivity index (χ1n) is 7.68. The normalized spacial score (nSPS) is 10.6. The van der Waals surface area contributed by atoms with E-state index < -0.39 is 0 Å². The first-order chi connectivity index (χ1) is 11.6. The summed E-state index contributed by atoms with van der Waals surface area (Å²) >= 11 is 0. The molecule has 0 fully saturated rings. The van der Waals surface area contributed by atoms with Crippen LogP contribution in [0.3, 0.4) is 0 Å². The lowest BCUT2D eigenvalue weighted by Crippen LogP contribution is -2.06. The number of benzene rings is 2. The van der Waals surface area contributed by atoms with Crippen LogP contribution in [-0.4, -0.2) is 18.5 Å². The fourth-order valence-corrected chi connectivity index (χ4v) is 2.07. The van der Waals surface area contributed by atoms with Gasteiger partial charge in [0.1, 0.15) is 17.6 Å². The number of nitriles is 1. The zero-order chi connectivity index (χ0) is 17.4. The summed E-state index contributed by atoms with van der Waals surface area (Å²) < 4.78 is 10.9. The van der Waals surface area contributed by atoms with Gasteiger partial charge in [0.15, 0.2) is 12.4 Å². The molecular formula is C20H19NO3. The van der Waals surface area contributed by atoms with Crippen LogP contribution >= 0.6 is 0 Å². The van der Waals surface area contributed by atoms with Gasteiger partial charge in [0.2, 0.25) is 0 Å². The molecule has 0 atom stereocenters. The Hall–Kier alpha value is -3.06. The molecule has 0 aliphatic carbocycles. The monoisotopic (exact) mass is 321 g/mol. The fourth-order valence-electron chi connectivity index (χ4n) is 2.07. The van der Waals surface area contributed by atoms with Crippen molar-refractivity contribution in [2.75, 3.05) is 6.61 Å². The zero-order valence-electron chi connectivity index (χ0n) is 13.7. The molecule has 2 rings (SSSR count). The molecule has 2 aromatic carbocycles. The summed E-state index contributed by atoms with van der Waals surface area (Å²) in [4.78, 5) is 12.3. The van der Waals surface area contributed by atoms with Gasteiger partial charge in [0, 0.05) is 11.1 Å². The van der Waals surface area contributed by atoms with Gasteiger partial charge in [-0.1, -0.05) is 18.2 Å². The molecule has 0 heterocycles. The summed E-state index contributed by atoms with van der Waals surface area (Å²) in [6, 6.07) is 16.2. The quantitative estimate of drug-likeness (QED) is 0.564. The van der Waals surface area contributed by atoms with Crippen molar-refractivity contribution < 1.29 is 14.3 Å². The average Bonchev–Trinajstić information content (AvgIpc) is 2.59. The Morgan fingerprint density at radius 2 is 1.88 bits per heavy atom. The Kier molecular flexibility index (Phi) is 6.16. The Morgan fingerprint density at radius 1 is 1.17 bits per heavy atom. The van der Waals surface area contributed by atoms with Crippen molar-refractivity contribution in [1.29, 1.82) is 5.26 Å². The first-order valence-corrected chi connectivity index (χ1v) is 7.68. The van der Waals surface area contributed by atoms with Gasteiger partial charge in [0.25, 0.3) is 0 Å². The summed E-state index contributed by atoms with van der Waals surface area (Å²) in [6.45, 7) is 3.91. The van der Waals surface area contributed by atoms with Gasteiger partial charge in [0.05, 0.1) is 6.10 Å². The molecule has 0 aliphatic rings. The van der Waals surface area contributed by atoms with Crippen LogP contribution in [-0.2, 0) is 0 Å². The van der Waals surface area contributed by atoms with Gasteiger partial charge in [-0.05, 0) is 56.3 Å². The third kappa shape index (κ3) is 4.99. The van der Waals surface area contributed by atoms with Crippen molar-refractivity contribution in [3.05, 3.63) is 65.7 Å². The Labute approximate surface area is 141 Å². The van der Waals surface area contributed by atoms with Crippen LogP contribution in [0.1, 0.15) is 29.8 Å². The van der Waals surface area contributed by atoms with Crippen LogP contribution in [0.4, 0.5) is 0 Å². The highest BCUT2D eigenvalue weighted by molar-refractivity contribution is 6.07. The van der Waals surface area contributed by atoms with E-state index in [9.17, 15) is 4.79 Å². The van der Waals surface area contributed by atoms with Gasteiger partial charge < -0.3 is 9.47 Å². The number of carbonyl (C=O) groups is 1. The molecule has 0 spiro atoms. The minimum absolute atomic E-state index is 0.0141. The summed E-state index contributed by atoms with van der Waals surface area (Å²) in [6.07, 6.45) is 3.34. The third-order valence-corrected chi connectivity index (χ3v) is 3.14. The van der Waals surface area contributed by atoms with Gasteiger partial charge in [-0.15, -0.1) is 0 Å². The standard InChI is InChI=1S/C20H19NO3/c1-15(2)24-20-6-4-3-5-17(20)9-12-19(22)16-7-10-18(11-8-16)23-14-13-21/h3-12,15H,14H2,1-2H3/b12-9+. The van der Waals surface area contributed by atoms with Crippen molar-refractivity contribution in [2.45, 2.75) is 20.0 Å². The lowest BCUT2D eigenvalue weighted by molar-refractivity contribution is 0.104. The minimum Gasteiger partial charge on any atom is -0.490 e. The lowest BCUT2D eigenvalue weighted by atomic mass is 10.1. The van der Waals surface area contributed by atoms with Crippen LogP contribution in [0.2, 0.25) is 0 Å². The van der Waals surface area contributed by atoms with Gasteiger partial charge in [-0.3, -0.25) is 4.79 Å². The van der Waals surface area contributed by atoms with Crippen LogP contribution in [0.15, 0.2) is 54.6 Å². The topological polar surface area (TPSA) is 59.3 Å². The van der Waals surface area contributed by atoms with E-state index in [1.165, 1.54) is 6.08 Å². The van der Waals surface area contributed by atoms with Gasteiger partial charge >= 0.3 is 0 Å². The maximum absolute atomic E-state index is 12.3. The third-order valence-electron chi connectivity index (χ3n) is 3.14. The number of hydrogen-bond donors (Lipinski definition) is 0. The molecular weight excluding hydrogens is 302 g/mol. The maximum Gasteiger partial charge on any atom is 0.185 e. The average molecular weight is 321 g/mol. The van der Waals surface area contributed by atoms with E-state index in [1.807, 2.05) is 44.2 Å². The van der Waals surface area contributed by atoms with Crippen LogP contribution in [0, 0.1) is 11.3 Å². The summed E-state index contributed by atoms with van der Waals surface area (Å²) in [5.41, 5.74) is 1.41. The maximum atomic E-state index is 12.3. The first kappa shape index (κ1) is 17.3. The molecule has 0 aromatic heterocycles. The van der Waals surface area contributed by atoms with Crippen molar-refractivity contribution >= 4 is 11.9 Å². The fraction of sp³-hybridized carbons (Fsp3) is 0.200. The molecule has 0 aliphatic heterocycles. The Balaban J connectivity index is 2.09. The molecule has 4 nitrogen and oxygen atoms in total. The molecule has 4 heteroatoms. The van der Waals surface area contributed by atoms with Gasteiger partial charge in [-0.25, -0.2) is 0 Å². The van der Waals surface area contributed by atoms with E-state index >= 15 is 0 Å². The molecule has 122 valence electrons. The number of ketones is 1. The number of hydrogen-bond acceptors (Lipinski definition) is 4. The van der Waals surface area contributed by atoms with Crippen molar-refractivity contribution in [2.24, 2.45) is 0 Å². The second-order valence-corrected chi connectivity index (χ2v) is 5.37. The van der Waals surface area contributed by atoms with E-state index in [4.69, 9.17) is 14.7 Å². The zero-order valence-corrected chi connectivity index (χ0v) is 13.7. The van der Waals surface area contributed by atoms with E-state index in [0.29, 0.717) is 11.3 Å². The molecule has 0 saturated heterocycles. The highest BCUT2D eigenvalue weighted by Crippen LogP contribution is 2.21. The SMILES string of the molecule is CC(C)Oc1ccccc1/C=C/C(=O)c1ccc(OCC#N)cc1. The molecule has 0 bridgehead atoms. The lowest BCUT2D eigenvalue weighted by Gasteiger charge is -2.11. The molecule has 0 saturated carbocycles. The van der Waals surface area contributed by atoms with Crippen LogP contribution in [0.5, 0.6) is 11.5 Å². The number of ether oxygens (including phenoxy) is 2. The van der Waals surface area contributed by atoms with Crippen LogP contribution in [0.25, 0.3) is 6.08 Å². The highest BCUT2D eigenvalue weighted by atomic mass is 16.5. The number of allylic oxidation sites excluding steroid dienone is 1. The summed E-state index contributed by atoms with van der Waals surface area (Å²) in [7, 11) is 0. The van der Waals surface area contributed by atoms with E-state index in [0.717, 1.165) is 11.3 Å². The van der Waals surface area contributed by atoms with E-state index in [1.54, 1.807) is 30.3 Å². The van der Waals surface area contributed by atoms with Crippen LogP contribution < -0.4 is 9.47 Å². The molecule has 24 heavy (non-hydrogen) atoms. The molecule has 0 N–H and O–H groups in total. The van der Waals surface area contributed by atoms with E-state index in [2.05, 4.69) is 0 Å².